The SMILES string of the molecule is COC(=O)[C@@H](OC(=O)c1ccccc1)[C@H](NC(=O)OC(C)(C)C)c1ccccc1. The van der Waals surface area contributed by atoms with Crippen LogP contribution in [-0.4, -0.2) is 36.8 Å². The first-order valence-corrected chi connectivity index (χ1v) is 9.09. The highest BCUT2D eigenvalue weighted by Gasteiger charge is 2.36. The normalized spacial score (nSPS) is 13.0. The van der Waals surface area contributed by atoms with Gasteiger partial charge in [0.25, 0.3) is 0 Å². The van der Waals surface area contributed by atoms with Crippen molar-refractivity contribution in [2.75, 3.05) is 7.11 Å². The molecule has 0 unspecified atom stereocenters. The predicted molar refractivity (Wildman–Crippen MR) is 106 cm³/mol. The molecule has 29 heavy (non-hydrogen) atoms. The predicted octanol–water partition coefficient (Wildman–Crippen LogP) is 3.65. The molecular weight excluding hydrogens is 374 g/mol. The molecule has 0 saturated carbocycles. The molecule has 0 aliphatic carbocycles. The summed E-state index contributed by atoms with van der Waals surface area (Å²) in [5.41, 5.74) is 0.0763. The molecule has 2 atom stereocenters. The number of hydrogen-bond acceptors (Lipinski definition) is 6. The average molecular weight is 399 g/mol. The summed E-state index contributed by atoms with van der Waals surface area (Å²) in [5, 5.41) is 2.62. The third kappa shape index (κ3) is 6.64. The maximum atomic E-state index is 12.6. The number of esters is 2. The smallest absolute Gasteiger partial charge is 0.408 e. The lowest BCUT2D eigenvalue weighted by Crippen LogP contribution is -2.45. The molecule has 2 aromatic rings. The maximum absolute atomic E-state index is 12.6. The number of ether oxygens (including phenoxy) is 3. The zero-order valence-electron chi connectivity index (χ0n) is 16.9. The Morgan fingerprint density at radius 1 is 0.897 bits per heavy atom. The summed E-state index contributed by atoms with van der Waals surface area (Å²) >= 11 is 0. The number of methoxy groups -OCH3 is 1. The Balaban J connectivity index is 2.35. The van der Waals surface area contributed by atoms with Gasteiger partial charge < -0.3 is 19.5 Å². The minimum Gasteiger partial charge on any atom is -0.466 e. The van der Waals surface area contributed by atoms with Gasteiger partial charge in [-0.1, -0.05) is 48.5 Å². The largest absolute Gasteiger partial charge is 0.466 e. The van der Waals surface area contributed by atoms with E-state index in [9.17, 15) is 14.4 Å². The third-order valence-corrected chi connectivity index (χ3v) is 3.81. The monoisotopic (exact) mass is 399 g/mol. The number of alkyl carbamates (subject to hydrolysis) is 1. The van der Waals surface area contributed by atoms with Crippen LogP contribution in [0.5, 0.6) is 0 Å². The standard InChI is InChI=1S/C22H25NO6/c1-22(2,3)29-21(26)23-17(15-11-7-5-8-12-15)18(20(25)27-4)28-19(24)16-13-9-6-10-14-16/h5-14,17-18H,1-4H3,(H,23,26)/t17-,18+/m1/s1. The summed E-state index contributed by atoms with van der Waals surface area (Å²) in [6.07, 6.45) is -2.17. The fourth-order valence-electron chi connectivity index (χ4n) is 2.55. The summed E-state index contributed by atoms with van der Waals surface area (Å²) in [7, 11) is 1.18. The van der Waals surface area contributed by atoms with Crippen LogP contribution in [0.1, 0.15) is 42.7 Å². The van der Waals surface area contributed by atoms with Gasteiger partial charge in [-0.2, -0.15) is 0 Å². The van der Waals surface area contributed by atoms with E-state index in [-0.39, 0.29) is 5.56 Å². The zero-order valence-corrected chi connectivity index (χ0v) is 16.9. The van der Waals surface area contributed by atoms with Crippen molar-refractivity contribution >= 4 is 18.0 Å². The van der Waals surface area contributed by atoms with E-state index >= 15 is 0 Å². The molecule has 2 rings (SSSR count). The fourth-order valence-corrected chi connectivity index (χ4v) is 2.55. The van der Waals surface area contributed by atoms with E-state index in [1.54, 1.807) is 81.4 Å². The molecule has 0 fully saturated rings. The fraction of sp³-hybridized carbons (Fsp3) is 0.318. The van der Waals surface area contributed by atoms with Gasteiger partial charge in [0.15, 0.2) is 0 Å². The summed E-state index contributed by atoms with van der Waals surface area (Å²) in [4.78, 5) is 37.4. The van der Waals surface area contributed by atoms with Crippen LogP contribution in [0.3, 0.4) is 0 Å². The molecule has 154 valence electrons. The highest BCUT2D eigenvalue weighted by molar-refractivity contribution is 5.91. The summed E-state index contributed by atoms with van der Waals surface area (Å²) < 4.78 is 15.6. The van der Waals surface area contributed by atoms with Gasteiger partial charge in [0, 0.05) is 0 Å². The molecule has 0 aromatic heterocycles. The lowest BCUT2D eigenvalue weighted by molar-refractivity contribution is -0.152. The molecule has 0 heterocycles. The molecular formula is C22H25NO6. The lowest BCUT2D eigenvalue weighted by Gasteiger charge is -2.28. The minimum absolute atomic E-state index is 0.269. The van der Waals surface area contributed by atoms with Gasteiger partial charge in [-0.15, -0.1) is 0 Å². The van der Waals surface area contributed by atoms with E-state index in [0.29, 0.717) is 5.56 Å². The van der Waals surface area contributed by atoms with Gasteiger partial charge in [0.05, 0.1) is 12.7 Å². The number of carbonyl (C=O) groups excluding carboxylic acids is 3. The highest BCUT2D eigenvalue weighted by Crippen LogP contribution is 2.23. The molecule has 0 aliphatic heterocycles. The molecule has 0 spiro atoms. The van der Waals surface area contributed by atoms with Gasteiger partial charge in [0.1, 0.15) is 11.6 Å². The Morgan fingerprint density at radius 3 is 1.97 bits per heavy atom. The molecule has 0 bridgehead atoms. The third-order valence-electron chi connectivity index (χ3n) is 3.81. The van der Waals surface area contributed by atoms with E-state index in [4.69, 9.17) is 14.2 Å². The molecule has 0 saturated heterocycles. The number of benzene rings is 2. The van der Waals surface area contributed by atoms with Gasteiger partial charge >= 0.3 is 18.0 Å². The Hall–Kier alpha value is -3.35. The Bertz CT molecular complexity index is 829. The van der Waals surface area contributed by atoms with Crippen LogP contribution in [0, 0.1) is 0 Å². The van der Waals surface area contributed by atoms with Crippen molar-refractivity contribution in [3.63, 3.8) is 0 Å². The van der Waals surface area contributed by atoms with Crippen molar-refractivity contribution < 1.29 is 28.6 Å². The second-order valence-corrected chi connectivity index (χ2v) is 7.25. The average Bonchev–Trinajstić information content (AvgIpc) is 2.69. The van der Waals surface area contributed by atoms with E-state index < -0.39 is 35.8 Å². The Kier molecular flexibility index (Phi) is 7.36. The van der Waals surface area contributed by atoms with Gasteiger partial charge in [-0.25, -0.2) is 14.4 Å². The highest BCUT2D eigenvalue weighted by atomic mass is 16.6. The van der Waals surface area contributed by atoms with Crippen LogP contribution in [0.15, 0.2) is 60.7 Å². The number of rotatable bonds is 6. The zero-order chi connectivity index (χ0) is 21.4. The second kappa shape index (κ2) is 9.73. The summed E-state index contributed by atoms with van der Waals surface area (Å²) in [5.74, 6) is -1.52. The van der Waals surface area contributed by atoms with Crippen molar-refractivity contribution in [1.29, 1.82) is 0 Å². The molecule has 1 N–H and O–H groups in total. The van der Waals surface area contributed by atoms with Crippen LogP contribution < -0.4 is 5.32 Å². The van der Waals surface area contributed by atoms with Crippen molar-refractivity contribution in [3.8, 4) is 0 Å². The van der Waals surface area contributed by atoms with E-state index in [1.165, 1.54) is 7.11 Å². The maximum Gasteiger partial charge on any atom is 0.408 e. The Morgan fingerprint density at radius 2 is 1.45 bits per heavy atom. The number of amides is 1. The van der Waals surface area contributed by atoms with Crippen molar-refractivity contribution in [1.82, 2.24) is 5.32 Å². The first-order valence-electron chi connectivity index (χ1n) is 9.09. The van der Waals surface area contributed by atoms with Crippen molar-refractivity contribution in [3.05, 3.63) is 71.8 Å². The lowest BCUT2D eigenvalue weighted by atomic mass is 10.0. The van der Waals surface area contributed by atoms with E-state index in [0.717, 1.165) is 0 Å². The molecule has 0 aliphatic rings. The quantitative estimate of drug-likeness (QED) is 0.589. The van der Waals surface area contributed by atoms with Crippen LogP contribution in [0.4, 0.5) is 4.79 Å². The van der Waals surface area contributed by atoms with Crippen molar-refractivity contribution in [2.24, 2.45) is 0 Å². The van der Waals surface area contributed by atoms with Crippen LogP contribution in [0.2, 0.25) is 0 Å². The minimum atomic E-state index is -1.41. The molecule has 2 aromatic carbocycles. The number of nitrogens with one attached hydrogen (secondary N) is 1. The van der Waals surface area contributed by atoms with E-state index in [2.05, 4.69) is 5.32 Å². The second-order valence-electron chi connectivity index (χ2n) is 7.25. The Labute approximate surface area is 170 Å². The molecule has 7 nitrogen and oxygen atoms in total. The first kappa shape index (κ1) is 21.9. The number of hydrogen-bond donors (Lipinski definition) is 1. The van der Waals surface area contributed by atoms with Crippen molar-refractivity contribution in [2.45, 2.75) is 38.5 Å². The number of carbonyl (C=O) groups is 3. The summed E-state index contributed by atoms with van der Waals surface area (Å²) in [6.45, 7) is 5.16. The molecule has 1 amide bonds. The van der Waals surface area contributed by atoms with Crippen LogP contribution in [-0.2, 0) is 19.0 Å². The first-order chi connectivity index (χ1) is 13.7. The van der Waals surface area contributed by atoms with Gasteiger partial charge in [-0.05, 0) is 38.5 Å². The van der Waals surface area contributed by atoms with Crippen LogP contribution >= 0.6 is 0 Å². The van der Waals surface area contributed by atoms with E-state index in [1.807, 2.05) is 0 Å². The topological polar surface area (TPSA) is 90.9 Å². The molecule has 0 radical (unpaired) electrons. The summed E-state index contributed by atoms with van der Waals surface area (Å²) in [6, 6.07) is 15.9. The van der Waals surface area contributed by atoms with Gasteiger partial charge in [0.2, 0.25) is 6.10 Å². The molecule has 7 heteroatoms. The van der Waals surface area contributed by atoms with Gasteiger partial charge in [-0.3, -0.25) is 0 Å². The van der Waals surface area contributed by atoms with Crippen LogP contribution in [0.25, 0.3) is 0 Å².